The molecule has 5 nitrogen and oxygen atoms in total. The number of nitrogens with one attached hydrogen (secondary N) is 1. The molecule has 0 unspecified atom stereocenters. The second-order valence-electron chi connectivity index (χ2n) is 6.00. The van der Waals surface area contributed by atoms with E-state index in [2.05, 4.69) is 5.32 Å². The molecule has 1 heterocycles. The minimum atomic E-state index is -0.283. The Morgan fingerprint density at radius 3 is 2.26 bits per heavy atom. The number of nitrogens with zero attached hydrogens (tertiary/aromatic N) is 1. The van der Waals surface area contributed by atoms with Crippen molar-refractivity contribution in [2.45, 2.75) is 19.3 Å². The maximum Gasteiger partial charge on any atom is 0.240 e. The van der Waals surface area contributed by atoms with Crippen LogP contribution in [0.2, 0.25) is 0 Å². The highest BCUT2D eigenvalue weighted by molar-refractivity contribution is 6.07. The lowest BCUT2D eigenvalue weighted by molar-refractivity contribution is -0.143. The maximum absolute atomic E-state index is 12.3. The van der Waals surface area contributed by atoms with Crippen molar-refractivity contribution in [1.82, 2.24) is 10.2 Å². The second-order valence-corrected chi connectivity index (χ2v) is 6.00. The van der Waals surface area contributed by atoms with Crippen LogP contribution >= 0.6 is 0 Å². The van der Waals surface area contributed by atoms with Gasteiger partial charge in [0.1, 0.15) is 6.54 Å². The molecule has 0 radical (unpaired) electrons. The predicted octanol–water partition coefficient (Wildman–Crippen LogP) is 1.30. The van der Waals surface area contributed by atoms with Gasteiger partial charge in [0.15, 0.2) is 0 Å². The van der Waals surface area contributed by atoms with Gasteiger partial charge in [-0.1, -0.05) is 42.5 Å². The standard InChI is InChI=1S/C18H20N2O3/c21-16(19-11-10-13-6-2-1-3-7-13)12-20-17(22)14-8-4-5-9-15(14)18(20)23/h1-7,14-15H,8-12H2,(H,19,21)/t14-,15-/m1/s1. The van der Waals surface area contributed by atoms with E-state index in [0.717, 1.165) is 16.9 Å². The molecule has 1 aromatic rings. The van der Waals surface area contributed by atoms with E-state index in [-0.39, 0.29) is 36.1 Å². The molecule has 3 amide bonds. The first kappa shape index (κ1) is 15.5. The average molecular weight is 312 g/mol. The minimum Gasteiger partial charge on any atom is -0.354 e. The Morgan fingerprint density at radius 1 is 1.04 bits per heavy atom. The first-order valence-electron chi connectivity index (χ1n) is 7.97. The number of benzene rings is 1. The van der Waals surface area contributed by atoms with E-state index in [1.165, 1.54) is 0 Å². The summed E-state index contributed by atoms with van der Waals surface area (Å²) in [5.41, 5.74) is 1.14. The first-order chi connectivity index (χ1) is 11.2. The Labute approximate surface area is 135 Å². The molecule has 3 rings (SSSR count). The number of rotatable bonds is 5. The molecule has 1 saturated heterocycles. The van der Waals surface area contributed by atoms with E-state index >= 15 is 0 Å². The van der Waals surface area contributed by atoms with Gasteiger partial charge in [-0.2, -0.15) is 0 Å². The van der Waals surface area contributed by atoms with Gasteiger partial charge in [-0.3, -0.25) is 19.3 Å². The number of hydrogen-bond donors (Lipinski definition) is 1. The lowest BCUT2D eigenvalue weighted by Gasteiger charge is -2.14. The fourth-order valence-electron chi connectivity index (χ4n) is 3.22. The Balaban J connectivity index is 1.50. The van der Waals surface area contributed by atoms with Gasteiger partial charge >= 0.3 is 0 Å². The van der Waals surface area contributed by atoms with E-state index in [1.54, 1.807) is 0 Å². The number of carbonyl (C=O) groups is 3. The molecule has 2 aliphatic rings. The van der Waals surface area contributed by atoms with Crippen LogP contribution in [0.3, 0.4) is 0 Å². The fourth-order valence-corrected chi connectivity index (χ4v) is 3.22. The van der Waals surface area contributed by atoms with Crippen LogP contribution in [0.5, 0.6) is 0 Å². The molecule has 1 fully saturated rings. The fraction of sp³-hybridized carbons (Fsp3) is 0.389. The summed E-state index contributed by atoms with van der Waals surface area (Å²) in [4.78, 5) is 37.7. The van der Waals surface area contributed by atoms with Gasteiger partial charge in [0.05, 0.1) is 11.8 Å². The van der Waals surface area contributed by atoms with Gasteiger partial charge in [-0.15, -0.1) is 0 Å². The van der Waals surface area contributed by atoms with Crippen molar-refractivity contribution in [2.75, 3.05) is 13.1 Å². The molecule has 1 aliphatic carbocycles. The molecule has 0 bridgehead atoms. The normalized spacial score (nSPS) is 23.0. The topological polar surface area (TPSA) is 66.5 Å². The van der Waals surface area contributed by atoms with Crippen molar-refractivity contribution in [1.29, 1.82) is 0 Å². The van der Waals surface area contributed by atoms with Gasteiger partial charge in [-0.25, -0.2) is 0 Å². The maximum atomic E-state index is 12.3. The largest absolute Gasteiger partial charge is 0.354 e. The summed E-state index contributed by atoms with van der Waals surface area (Å²) in [6.07, 6.45) is 5.80. The quantitative estimate of drug-likeness (QED) is 0.658. The molecule has 2 atom stereocenters. The number of carbonyl (C=O) groups excluding carboxylic acids is 3. The summed E-state index contributed by atoms with van der Waals surface area (Å²) in [6, 6.07) is 9.85. The van der Waals surface area contributed by atoms with Crippen LogP contribution in [0.25, 0.3) is 0 Å². The number of fused-ring (bicyclic) bond motifs is 1. The Bertz CT molecular complexity index is 613. The van der Waals surface area contributed by atoms with Crippen LogP contribution in [0.4, 0.5) is 0 Å². The van der Waals surface area contributed by atoms with E-state index in [0.29, 0.717) is 19.4 Å². The van der Waals surface area contributed by atoms with Crippen LogP contribution < -0.4 is 5.32 Å². The van der Waals surface area contributed by atoms with Crippen LogP contribution in [0.15, 0.2) is 42.5 Å². The van der Waals surface area contributed by atoms with Crippen molar-refractivity contribution in [3.8, 4) is 0 Å². The zero-order valence-corrected chi connectivity index (χ0v) is 12.9. The summed E-state index contributed by atoms with van der Waals surface area (Å²) in [5, 5.41) is 2.78. The lowest BCUT2D eigenvalue weighted by atomic mass is 9.85. The molecule has 1 aliphatic heterocycles. The molecule has 0 aromatic heterocycles. The number of likely N-dealkylation sites (tertiary alicyclic amines) is 1. The Morgan fingerprint density at radius 2 is 1.65 bits per heavy atom. The minimum absolute atomic E-state index is 0.167. The van der Waals surface area contributed by atoms with Crippen molar-refractivity contribution >= 4 is 17.7 Å². The first-order valence-corrected chi connectivity index (χ1v) is 7.97. The smallest absolute Gasteiger partial charge is 0.240 e. The van der Waals surface area contributed by atoms with Crippen molar-refractivity contribution in [3.63, 3.8) is 0 Å². The summed E-state index contributed by atoms with van der Waals surface area (Å²) in [5.74, 6) is -1.24. The third-order valence-corrected chi connectivity index (χ3v) is 4.48. The number of amides is 3. The van der Waals surface area contributed by atoms with E-state index < -0.39 is 0 Å². The zero-order valence-electron chi connectivity index (χ0n) is 12.9. The average Bonchev–Trinajstić information content (AvgIpc) is 2.81. The highest BCUT2D eigenvalue weighted by Gasteiger charge is 2.47. The number of imide groups is 1. The molecular formula is C18H20N2O3. The third kappa shape index (κ3) is 3.33. The monoisotopic (exact) mass is 312 g/mol. The van der Waals surface area contributed by atoms with Crippen molar-refractivity contribution in [3.05, 3.63) is 48.0 Å². The van der Waals surface area contributed by atoms with Crippen LogP contribution in [0, 0.1) is 11.8 Å². The predicted molar refractivity (Wildman–Crippen MR) is 85.2 cm³/mol. The molecule has 1 N–H and O–H groups in total. The Kier molecular flexibility index (Phi) is 4.55. The van der Waals surface area contributed by atoms with E-state index in [9.17, 15) is 14.4 Å². The van der Waals surface area contributed by atoms with E-state index in [1.807, 2.05) is 42.5 Å². The van der Waals surface area contributed by atoms with Crippen LogP contribution in [-0.4, -0.2) is 35.7 Å². The lowest BCUT2D eigenvalue weighted by Crippen LogP contribution is -2.41. The van der Waals surface area contributed by atoms with Gasteiger partial charge < -0.3 is 5.32 Å². The van der Waals surface area contributed by atoms with Crippen LogP contribution in [-0.2, 0) is 20.8 Å². The molecule has 0 saturated carbocycles. The molecule has 5 heteroatoms. The molecule has 0 spiro atoms. The summed E-state index contributed by atoms with van der Waals surface area (Å²) in [6.45, 7) is 0.326. The van der Waals surface area contributed by atoms with Crippen LogP contribution in [0.1, 0.15) is 18.4 Å². The Hall–Kier alpha value is -2.43. The van der Waals surface area contributed by atoms with Gasteiger partial charge in [0, 0.05) is 6.54 Å². The van der Waals surface area contributed by atoms with E-state index in [4.69, 9.17) is 0 Å². The molecule has 23 heavy (non-hydrogen) atoms. The highest BCUT2D eigenvalue weighted by atomic mass is 16.2. The van der Waals surface area contributed by atoms with Gasteiger partial charge in [0.2, 0.25) is 17.7 Å². The van der Waals surface area contributed by atoms with Gasteiger partial charge in [-0.05, 0) is 24.8 Å². The summed E-state index contributed by atoms with van der Waals surface area (Å²) < 4.78 is 0. The van der Waals surface area contributed by atoms with Gasteiger partial charge in [0.25, 0.3) is 0 Å². The molecule has 1 aromatic carbocycles. The SMILES string of the molecule is O=C(CN1C(=O)[C@@H]2CC=CC[C@H]2C1=O)NCCc1ccccc1. The van der Waals surface area contributed by atoms with Crippen molar-refractivity contribution in [2.24, 2.45) is 11.8 Å². The molecule has 120 valence electrons. The summed E-state index contributed by atoms with van der Waals surface area (Å²) in [7, 11) is 0. The highest BCUT2D eigenvalue weighted by Crippen LogP contribution is 2.34. The summed E-state index contributed by atoms with van der Waals surface area (Å²) >= 11 is 0. The van der Waals surface area contributed by atoms with Crippen molar-refractivity contribution < 1.29 is 14.4 Å². The second kappa shape index (κ2) is 6.77. The number of hydrogen-bond acceptors (Lipinski definition) is 3. The number of allylic oxidation sites excluding steroid dienone is 2. The molecular weight excluding hydrogens is 292 g/mol. The third-order valence-electron chi connectivity index (χ3n) is 4.48. The zero-order chi connectivity index (χ0) is 16.2.